The highest BCUT2D eigenvalue weighted by atomic mass is 16.5. The van der Waals surface area contributed by atoms with Gasteiger partial charge in [0, 0.05) is 18.1 Å². The molecule has 1 unspecified atom stereocenters. The topological polar surface area (TPSA) is 58.6 Å². The fraction of sp³-hybridized carbons (Fsp3) is 0.882. The normalized spacial score (nSPS) is 13.8. The Morgan fingerprint density at radius 2 is 1.86 bits per heavy atom. The van der Waals surface area contributed by atoms with Crippen molar-refractivity contribution in [1.29, 1.82) is 0 Å². The quantitative estimate of drug-likeness (QED) is 0.596. The van der Waals surface area contributed by atoms with Crippen molar-refractivity contribution >= 4 is 12.3 Å². The minimum absolute atomic E-state index is 0.114. The van der Waals surface area contributed by atoms with Crippen molar-refractivity contribution in [2.75, 3.05) is 20.2 Å². The van der Waals surface area contributed by atoms with Crippen LogP contribution in [0.4, 0.5) is 0 Å². The molecule has 0 aliphatic heterocycles. The summed E-state index contributed by atoms with van der Waals surface area (Å²) in [6.07, 6.45) is 2.91. The highest BCUT2D eigenvalue weighted by Crippen LogP contribution is 2.23. The van der Waals surface area contributed by atoms with Gasteiger partial charge in [0.25, 0.3) is 0 Å². The van der Waals surface area contributed by atoms with E-state index in [1.165, 1.54) is 4.90 Å². The lowest BCUT2D eigenvalue weighted by Crippen LogP contribution is -2.49. The largest absolute Gasteiger partial charge is 0.375 e. The average Bonchev–Trinajstić information content (AvgIpc) is 2.44. The Bertz CT molecular complexity index is 354. The molecule has 0 aliphatic rings. The second-order valence-corrected chi connectivity index (χ2v) is 7.15. The van der Waals surface area contributed by atoms with Gasteiger partial charge in [-0.05, 0) is 60.5 Å². The van der Waals surface area contributed by atoms with E-state index in [4.69, 9.17) is 4.74 Å². The Balaban J connectivity index is 4.60. The van der Waals surface area contributed by atoms with Gasteiger partial charge in [-0.1, -0.05) is 13.8 Å². The number of nitrogens with one attached hydrogen (secondary N) is 1. The van der Waals surface area contributed by atoms with E-state index in [9.17, 15) is 9.59 Å². The van der Waals surface area contributed by atoms with Gasteiger partial charge in [0.15, 0.2) is 0 Å². The monoisotopic (exact) mass is 314 g/mol. The van der Waals surface area contributed by atoms with Gasteiger partial charge in [0.05, 0.1) is 5.60 Å². The van der Waals surface area contributed by atoms with E-state index in [1.54, 1.807) is 0 Å². The van der Waals surface area contributed by atoms with Crippen LogP contribution in [0.25, 0.3) is 0 Å². The summed E-state index contributed by atoms with van der Waals surface area (Å²) in [6, 6.07) is 0. The third kappa shape index (κ3) is 6.88. The van der Waals surface area contributed by atoms with Gasteiger partial charge in [-0.15, -0.1) is 0 Å². The molecule has 1 atom stereocenters. The van der Waals surface area contributed by atoms with E-state index in [2.05, 4.69) is 19.2 Å². The van der Waals surface area contributed by atoms with Crippen molar-refractivity contribution in [2.45, 2.75) is 71.9 Å². The van der Waals surface area contributed by atoms with Crippen LogP contribution in [0.5, 0.6) is 0 Å². The van der Waals surface area contributed by atoms with Gasteiger partial charge in [-0.3, -0.25) is 14.5 Å². The van der Waals surface area contributed by atoms with Gasteiger partial charge in [0.1, 0.15) is 0 Å². The number of imide groups is 1. The van der Waals surface area contributed by atoms with Crippen molar-refractivity contribution in [3.8, 4) is 0 Å². The molecule has 0 fully saturated rings. The molecule has 0 saturated carbocycles. The van der Waals surface area contributed by atoms with Gasteiger partial charge < -0.3 is 10.1 Å². The molecule has 0 aromatic rings. The van der Waals surface area contributed by atoms with Crippen molar-refractivity contribution in [3.63, 3.8) is 0 Å². The number of hydrogen-bond donors (Lipinski definition) is 1. The van der Waals surface area contributed by atoms with Crippen molar-refractivity contribution < 1.29 is 14.3 Å². The van der Waals surface area contributed by atoms with Gasteiger partial charge in [-0.2, -0.15) is 0 Å². The number of nitrogens with zero attached hydrogens (tertiary/aromatic N) is 1. The molecule has 0 aromatic heterocycles. The number of hydrogen-bond acceptors (Lipinski definition) is 4. The highest BCUT2D eigenvalue weighted by molar-refractivity contribution is 5.88. The Labute approximate surface area is 135 Å². The Hall–Kier alpha value is -0.940. The summed E-state index contributed by atoms with van der Waals surface area (Å²) in [4.78, 5) is 25.0. The maximum Gasteiger partial charge on any atom is 0.232 e. The maximum absolute atomic E-state index is 12.3. The second kappa shape index (κ2) is 9.26. The lowest BCUT2D eigenvalue weighted by Gasteiger charge is -2.36. The molecule has 0 radical (unpaired) electrons. The van der Waals surface area contributed by atoms with Crippen LogP contribution in [0.3, 0.4) is 0 Å². The smallest absolute Gasteiger partial charge is 0.232 e. The van der Waals surface area contributed by atoms with Gasteiger partial charge in [0.2, 0.25) is 12.3 Å². The average molecular weight is 314 g/mol. The first-order valence-electron chi connectivity index (χ1n) is 8.18. The summed E-state index contributed by atoms with van der Waals surface area (Å²) in [5.74, 6) is -0.255. The Morgan fingerprint density at radius 3 is 2.32 bits per heavy atom. The Morgan fingerprint density at radius 1 is 1.27 bits per heavy atom. The Kier molecular flexibility index (Phi) is 8.86. The molecule has 0 aliphatic carbocycles. The molecule has 1 N–H and O–H groups in total. The van der Waals surface area contributed by atoms with Crippen LogP contribution in [0.15, 0.2) is 0 Å². The number of carbonyl (C=O) groups excluding carboxylic acids is 2. The predicted molar refractivity (Wildman–Crippen MR) is 89.6 cm³/mol. The summed E-state index contributed by atoms with van der Waals surface area (Å²) in [7, 11) is 1.92. The van der Waals surface area contributed by atoms with Crippen LogP contribution >= 0.6 is 0 Å². The summed E-state index contributed by atoms with van der Waals surface area (Å²) in [5, 5.41) is 3.11. The first-order chi connectivity index (χ1) is 10.1. The SMILES string of the molecule is CCC(C)C(=O)N(C=O)C(C)(C)CCOC(C)(C)CCNC. The zero-order valence-corrected chi connectivity index (χ0v) is 15.4. The first-order valence-corrected chi connectivity index (χ1v) is 8.18. The van der Waals surface area contributed by atoms with E-state index in [0.29, 0.717) is 19.4 Å². The molecule has 0 bridgehead atoms. The summed E-state index contributed by atoms with van der Waals surface area (Å²) >= 11 is 0. The maximum atomic E-state index is 12.3. The number of carbonyl (C=O) groups is 2. The summed E-state index contributed by atoms with van der Waals surface area (Å²) < 4.78 is 5.93. The van der Waals surface area contributed by atoms with Crippen LogP contribution in [0.2, 0.25) is 0 Å². The molecule has 130 valence electrons. The molecule has 0 spiro atoms. The van der Waals surface area contributed by atoms with Crippen LogP contribution in [0.1, 0.15) is 60.8 Å². The van der Waals surface area contributed by atoms with E-state index in [-0.39, 0.29) is 17.4 Å². The van der Waals surface area contributed by atoms with Crippen LogP contribution in [-0.4, -0.2) is 48.6 Å². The number of ether oxygens (including phenoxy) is 1. The predicted octanol–water partition coefficient (Wildman–Crippen LogP) is 2.59. The lowest BCUT2D eigenvalue weighted by molar-refractivity contribution is -0.148. The molecule has 0 aromatic carbocycles. The molecule has 0 rings (SSSR count). The minimum Gasteiger partial charge on any atom is -0.375 e. The molecule has 5 heteroatoms. The highest BCUT2D eigenvalue weighted by Gasteiger charge is 2.33. The second-order valence-electron chi connectivity index (χ2n) is 7.15. The molecule has 0 saturated heterocycles. The fourth-order valence-corrected chi connectivity index (χ4v) is 2.10. The first kappa shape index (κ1) is 21.1. The molecule has 22 heavy (non-hydrogen) atoms. The van der Waals surface area contributed by atoms with Crippen LogP contribution in [0, 0.1) is 5.92 Å². The molecule has 0 heterocycles. The molecule has 2 amide bonds. The van der Waals surface area contributed by atoms with Gasteiger partial charge >= 0.3 is 0 Å². The van der Waals surface area contributed by atoms with E-state index in [1.807, 2.05) is 34.7 Å². The van der Waals surface area contributed by atoms with E-state index in [0.717, 1.165) is 19.4 Å². The number of amides is 2. The van der Waals surface area contributed by atoms with Gasteiger partial charge in [-0.25, -0.2) is 0 Å². The lowest BCUT2D eigenvalue weighted by atomic mass is 9.96. The van der Waals surface area contributed by atoms with Crippen LogP contribution in [-0.2, 0) is 14.3 Å². The number of rotatable bonds is 11. The fourth-order valence-electron chi connectivity index (χ4n) is 2.10. The van der Waals surface area contributed by atoms with Crippen LogP contribution < -0.4 is 5.32 Å². The molecular formula is C17H34N2O3. The van der Waals surface area contributed by atoms with Crippen molar-refractivity contribution in [1.82, 2.24) is 10.2 Å². The van der Waals surface area contributed by atoms with E-state index >= 15 is 0 Å². The zero-order valence-electron chi connectivity index (χ0n) is 15.4. The summed E-state index contributed by atoms with van der Waals surface area (Å²) in [6.45, 7) is 13.1. The third-order valence-electron chi connectivity index (χ3n) is 4.21. The van der Waals surface area contributed by atoms with E-state index < -0.39 is 5.54 Å². The van der Waals surface area contributed by atoms with Crippen molar-refractivity contribution in [2.24, 2.45) is 5.92 Å². The zero-order chi connectivity index (χ0) is 17.4. The van der Waals surface area contributed by atoms with Crippen molar-refractivity contribution in [3.05, 3.63) is 0 Å². The molecule has 5 nitrogen and oxygen atoms in total. The summed E-state index contributed by atoms with van der Waals surface area (Å²) in [5.41, 5.74) is -0.757. The standard InChI is InChI=1S/C17H34N2O3/c1-8-14(2)15(21)19(13-20)16(3,4)10-12-22-17(5,6)9-11-18-7/h13-14,18H,8-12H2,1-7H3. The minimum atomic E-state index is -0.540. The molecular weight excluding hydrogens is 280 g/mol. The third-order valence-corrected chi connectivity index (χ3v) is 4.21.